The van der Waals surface area contributed by atoms with Crippen LogP contribution >= 0.6 is 0 Å². The highest BCUT2D eigenvalue weighted by Gasteiger charge is 2.23. The summed E-state index contributed by atoms with van der Waals surface area (Å²) in [5.74, 6) is 0.934. The van der Waals surface area contributed by atoms with E-state index in [4.69, 9.17) is 4.74 Å². The largest absolute Gasteiger partial charge is 0.491 e. The Morgan fingerprint density at radius 1 is 1.21 bits per heavy atom. The van der Waals surface area contributed by atoms with Crippen molar-refractivity contribution in [2.24, 2.45) is 0 Å². The maximum Gasteiger partial charge on any atom is 0.125 e. The van der Waals surface area contributed by atoms with Crippen molar-refractivity contribution in [1.82, 2.24) is 5.32 Å². The zero-order chi connectivity index (χ0) is 14.5. The smallest absolute Gasteiger partial charge is 0.125 e. The van der Waals surface area contributed by atoms with Gasteiger partial charge in [0.1, 0.15) is 12.4 Å². The molecule has 0 aromatic heterocycles. The van der Waals surface area contributed by atoms with Gasteiger partial charge in [0.05, 0.1) is 12.1 Å². The first-order valence-electron chi connectivity index (χ1n) is 6.98. The normalized spacial score (nSPS) is 14.2. The molecular weight excluding hydrogens is 238 g/mol. The minimum atomic E-state index is -0.389. The second-order valence-electron chi connectivity index (χ2n) is 5.66. The van der Waals surface area contributed by atoms with Crippen LogP contribution in [0.4, 0.5) is 0 Å². The molecule has 1 atom stereocenters. The zero-order valence-corrected chi connectivity index (χ0v) is 12.8. The van der Waals surface area contributed by atoms with E-state index in [1.165, 1.54) is 5.56 Å². The van der Waals surface area contributed by atoms with Crippen molar-refractivity contribution >= 4 is 0 Å². The molecule has 0 bridgehead atoms. The van der Waals surface area contributed by atoms with Gasteiger partial charge in [-0.1, -0.05) is 24.6 Å². The van der Waals surface area contributed by atoms with Gasteiger partial charge < -0.3 is 15.2 Å². The molecule has 0 spiro atoms. The molecule has 0 saturated heterocycles. The minimum Gasteiger partial charge on any atom is -0.491 e. The fourth-order valence-electron chi connectivity index (χ4n) is 2.21. The lowest BCUT2D eigenvalue weighted by Crippen LogP contribution is -2.50. The maximum absolute atomic E-state index is 9.53. The molecule has 0 fully saturated rings. The molecule has 108 valence electrons. The Kier molecular flexibility index (Phi) is 5.83. The molecule has 0 amide bonds. The predicted molar refractivity (Wildman–Crippen MR) is 79.9 cm³/mol. The molecule has 0 aliphatic carbocycles. The highest BCUT2D eigenvalue weighted by atomic mass is 16.5. The van der Waals surface area contributed by atoms with Crippen molar-refractivity contribution in [2.45, 2.75) is 46.6 Å². The number of ether oxygens (including phenoxy) is 1. The summed E-state index contributed by atoms with van der Waals surface area (Å²) in [6.07, 6.45) is 1.04. The molecule has 2 N–H and O–H groups in total. The summed E-state index contributed by atoms with van der Waals surface area (Å²) in [6, 6.07) is 4.25. The molecule has 1 aromatic carbocycles. The van der Waals surface area contributed by atoms with Gasteiger partial charge in [-0.05, 0) is 51.8 Å². The van der Waals surface area contributed by atoms with E-state index in [1.54, 1.807) is 0 Å². The monoisotopic (exact) mass is 265 g/mol. The minimum absolute atomic E-state index is 0.0664. The molecule has 0 saturated carbocycles. The van der Waals surface area contributed by atoms with Crippen LogP contribution in [-0.4, -0.2) is 30.4 Å². The van der Waals surface area contributed by atoms with Crippen molar-refractivity contribution in [1.29, 1.82) is 0 Å². The molecule has 19 heavy (non-hydrogen) atoms. The number of rotatable bonds is 7. The summed E-state index contributed by atoms with van der Waals surface area (Å²) in [6.45, 7) is 11.7. The second-order valence-corrected chi connectivity index (χ2v) is 5.66. The molecule has 1 unspecified atom stereocenters. The van der Waals surface area contributed by atoms with Crippen LogP contribution < -0.4 is 10.1 Å². The van der Waals surface area contributed by atoms with E-state index in [9.17, 15) is 5.11 Å². The van der Waals surface area contributed by atoms with Crippen molar-refractivity contribution in [2.75, 3.05) is 19.8 Å². The number of aliphatic hydroxyl groups is 1. The molecule has 0 aliphatic heterocycles. The lowest BCUT2D eigenvalue weighted by Gasteiger charge is -2.29. The van der Waals surface area contributed by atoms with Crippen LogP contribution in [-0.2, 0) is 0 Å². The maximum atomic E-state index is 9.53. The van der Waals surface area contributed by atoms with Crippen molar-refractivity contribution in [3.63, 3.8) is 0 Å². The van der Waals surface area contributed by atoms with Gasteiger partial charge in [0, 0.05) is 0 Å². The first-order chi connectivity index (χ1) is 8.91. The highest BCUT2D eigenvalue weighted by Crippen LogP contribution is 2.25. The van der Waals surface area contributed by atoms with E-state index in [0.29, 0.717) is 6.61 Å². The van der Waals surface area contributed by atoms with E-state index in [2.05, 4.69) is 45.1 Å². The van der Waals surface area contributed by atoms with Crippen LogP contribution in [0.5, 0.6) is 5.75 Å². The lowest BCUT2D eigenvalue weighted by molar-refractivity contribution is 0.115. The van der Waals surface area contributed by atoms with Gasteiger partial charge in [0.25, 0.3) is 0 Å². The van der Waals surface area contributed by atoms with E-state index in [-0.39, 0.29) is 12.1 Å². The summed E-state index contributed by atoms with van der Waals surface area (Å²) in [5, 5.41) is 12.9. The summed E-state index contributed by atoms with van der Waals surface area (Å²) in [7, 11) is 0. The Bertz CT molecular complexity index is 394. The third-order valence-corrected chi connectivity index (χ3v) is 3.29. The first kappa shape index (κ1) is 16.0. The Hall–Kier alpha value is -1.06. The number of hydrogen-bond acceptors (Lipinski definition) is 3. The number of benzene rings is 1. The van der Waals surface area contributed by atoms with Crippen molar-refractivity contribution < 1.29 is 9.84 Å². The molecular formula is C16H27NO2. The molecule has 1 rings (SSSR count). The Labute approximate surface area is 117 Å². The van der Waals surface area contributed by atoms with E-state index in [1.807, 2.05) is 6.92 Å². The standard InChI is InChI=1S/C16H27NO2/c1-6-7-17-16(5,10-18)11-19-15-13(3)8-12(2)9-14(15)4/h8-9,17-18H,6-7,10-11H2,1-5H3. The number of aryl methyl sites for hydroxylation is 3. The van der Waals surface area contributed by atoms with Gasteiger partial charge >= 0.3 is 0 Å². The van der Waals surface area contributed by atoms with E-state index in [0.717, 1.165) is 29.8 Å². The predicted octanol–water partition coefficient (Wildman–Crippen LogP) is 2.74. The van der Waals surface area contributed by atoms with Crippen LogP contribution in [0.15, 0.2) is 12.1 Å². The Morgan fingerprint density at radius 2 is 1.79 bits per heavy atom. The molecule has 0 aliphatic rings. The van der Waals surface area contributed by atoms with Gasteiger partial charge in [-0.15, -0.1) is 0 Å². The molecule has 1 aromatic rings. The topological polar surface area (TPSA) is 41.5 Å². The third kappa shape index (κ3) is 4.51. The SMILES string of the molecule is CCCNC(C)(CO)COc1c(C)cc(C)cc1C. The summed E-state index contributed by atoms with van der Waals surface area (Å²) in [5.41, 5.74) is 3.15. The summed E-state index contributed by atoms with van der Waals surface area (Å²) < 4.78 is 5.95. The number of aliphatic hydroxyl groups excluding tert-OH is 1. The highest BCUT2D eigenvalue weighted by molar-refractivity contribution is 5.43. The number of nitrogens with one attached hydrogen (secondary N) is 1. The average Bonchev–Trinajstić information content (AvgIpc) is 2.35. The van der Waals surface area contributed by atoms with Crippen molar-refractivity contribution in [3.05, 3.63) is 28.8 Å². The van der Waals surface area contributed by atoms with Crippen LogP contribution in [0.25, 0.3) is 0 Å². The summed E-state index contributed by atoms with van der Waals surface area (Å²) >= 11 is 0. The van der Waals surface area contributed by atoms with Gasteiger partial charge in [0.2, 0.25) is 0 Å². The van der Waals surface area contributed by atoms with Crippen LogP contribution in [0.1, 0.15) is 37.0 Å². The van der Waals surface area contributed by atoms with Crippen molar-refractivity contribution in [3.8, 4) is 5.75 Å². The van der Waals surface area contributed by atoms with Gasteiger partial charge in [-0.2, -0.15) is 0 Å². The van der Waals surface area contributed by atoms with Crippen LogP contribution in [0.2, 0.25) is 0 Å². The Morgan fingerprint density at radius 3 is 2.26 bits per heavy atom. The second kappa shape index (κ2) is 6.92. The molecule has 0 radical (unpaired) electrons. The molecule has 3 nitrogen and oxygen atoms in total. The number of hydrogen-bond donors (Lipinski definition) is 2. The third-order valence-electron chi connectivity index (χ3n) is 3.29. The molecule has 0 heterocycles. The average molecular weight is 265 g/mol. The fourth-order valence-corrected chi connectivity index (χ4v) is 2.21. The van der Waals surface area contributed by atoms with E-state index >= 15 is 0 Å². The quantitative estimate of drug-likeness (QED) is 0.796. The van der Waals surface area contributed by atoms with Crippen LogP contribution in [0.3, 0.4) is 0 Å². The van der Waals surface area contributed by atoms with Gasteiger partial charge in [0.15, 0.2) is 0 Å². The molecule has 3 heteroatoms. The Balaban J connectivity index is 2.75. The first-order valence-corrected chi connectivity index (χ1v) is 6.98. The fraction of sp³-hybridized carbons (Fsp3) is 0.625. The lowest BCUT2D eigenvalue weighted by atomic mass is 10.0. The summed E-state index contributed by atoms with van der Waals surface area (Å²) in [4.78, 5) is 0. The van der Waals surface area contributed by atoms with Gasteiger partial charge in [-0.3, -0.25) is 0 Å². The van der Waals surface area contributed by atoms with E-state index < -0.39 is 0 Å². The zero-order valence-electron chi connectivity index (χ0n) is 12.8. The van der Waals surface area contributed by atoms with Gasteiger partial charge in [-0.25, -0.2) is 0 Å². The van der Waals surface area contributed by atoms with Crippen LogP contribution in [0, 0.1) is 20.8 Å².